The van der Waals surface area contributed by atoms with Crippen LogP contribution in [0.15, 0.2) is 0 Å². The highest BCUT2D eigenvalue weighted by molar-refractivity contribution is 5.74. The molecule has 1 heterocycles. The first kappa shape index (κ1) is 20.2. The Hall–Kier alpha value is -0.810. The van der Waals surface area contributed by atoms with E-state index < -0.39 is 0 Å². The molecule has 5 nitrogen and oxygen atoms in total. The number of carbonyl (C=O) groups excluding carboxylic acids is 1. The summed E-state index contributed by atoms with van der Waals surface area (Å²) in [5, 5.41) is 6.14. The molecule has 0 radical (unpaired) electrons. The zero-order valence-electron chi connectivity index (χ0n) is 16.3. The fourth-order valence-corrected chi connectivity index (χ4v) is 3.52. The van der Waals surface area contributed by atoms with E-state index >= 15 is 0 Å². The van der Waals surface area contributed by atoms with Gasteiger partial charge in [-0.2, -0.15) is 0 Å². The lowest BCUT2D eigenvalue weighted by molar-refractivity contribution is 0.138. The summed E-state index contributed by atoms with van der Waals surface area (Å²) in [6, 6.07) is -0.0514. The molecular formula is C18H38N4O. The van der Waals surface area contributed by atoms with Crippen molar-refractivity contribution in [3.63, 3.8) is 0 Å². The topological polar surface area (TPSA) is 47.6 Å². The van der Waals surface area contributed by atoms with Gasteiger partial charge in [-0.3, -0.25) is 0 Å². The normalized spacial score (nSPS) is 19.4. The highest BCUT2D eigenvalue weighted by Gasteiger charge is 2.27. The van der Waals surface area contributed by atoms with E-state index in [-0.39, 0.29) is 17.0 Å². The maximum Gasteiger partial charge on any atom is 0.315 e. The summed E-state index contributed by atoms with van der Waals surface area (Å²) in [5.41, 5.74) is 0.00845. The first-order chi connectivity index (χ1) is 10.5. The third-order valence-corrected chi connectivity index (χ3v) is 4.20. The Labute approximate surface area is 143 Å². The van der Waals surface area contributed by atoms with E-state index in [1.165, 1.54) is 0 Å². The second-order valence-corrected chi connectivity index (χ2v) is 9.17. The quantitative estimate of drug-likeness (QED) is 0.788. The molecule has 1 rings (SSSR count). The molecule has 0 spiro atoms. The molecule has 5 heteroatoms. The van der Waals surface area contributed by atoms with Crippen LogP contribution in [0, 0.1) is 11.3 Å². The molecule has 0 aromatic carbocycles. The van der Waals surface area contributed by atoms with Gasteiger partial charge in [0.25, 0.3) is 0 Å². The summed E-state index contributed by atoms with van der Waals surface area (Å²) in [7, 11) is 2.17. The van der Waals surface area contributed by atoms with Crippen LogP contribution in [0.2, 0.25) is 0 Å². The van der Waals surface area contributed by atoms with Gasteiger partial charge in [-0.05, 0) is 38.6 Å². The molecule has 1 atom stereocenters. The van der Waals surface area contributed by atoms with Crippen LogP contribution in [0.5, 0.6) is 0 Å². The van der Waals surface area contributed by atoms with Gasteiger partial charge in [-0.25, -0.2) is 4.79 Å². The zero-order chi connectivity index (χ0) is 17.7. The van der Waals surface area contributed by atoms with Crippen molar-refractivity contribution in [2.24, 2.45) is 11.3 Å². The molecule has 1 aliphatic rings. The van der Waals surface area contributed by atoms with Gasteiger partial charge in [-0.15, -0.1) is 0 Å². The van der Waals surface area contributed by atoms with E-state index in [0.29, 0.717) is 5.92 Å². The molecule has 1 aliphatic heterocycles. The van der Waals surface area contributed by atoms with Gasteiger partial charge in [0.15, 0.2) is 0 Å². The highest BCUT2D eigenvalue weighted by atomic mass is 16.2. The summed E-state index contributed by atoms with van der Waals surface area (Å²) < 4.78 is 0. The van der Waals surface area contributed by atoms with Crippen molar-refractivity contribution in [3.05, 3.63) is 0 Å². The van der Waals surface area contributed by atoms with E-state index in [0.717, 1.165) is 45.7 Å². The molecule has 0 bridgehead atoms. The van der Waals surface area contributed by atoms with Crippen molar-refractivity contribution in [1.82, 2.24) is 20.4 Å². The van der Waals surface area contributed by atoms with Crippen LogP contribution in [-0.4, -0.2) is 67.7 Å². The van der Waals surface area contributed by atoms with Crippen molar-refractivity contribution in [2.45, 2.75) is 53.5 Å². The molecule has 0 saturated carbocycles. The fraction of sp³-hybridized carbons (Fsp3) is 0.944. The second-order valence-electron chi connectivity index (χ2n) is 9.17. The Morgan fingerprint density at radius 2 is 1.65 bits per heavy atom. The number of nitrogens with zero attached hydrogens (tertiary/aromatic N) is 2. The minimum Gasteiger partial charge on any atom is -0.338 e. The van der Waals surface area contributed by atoms with Gasteiger partial charge >= 0.3 is 6.03 Å². The maximum absolute atomic E-state index is 12.1. The van der Waals surface area contributed by atoms with Gasteiger partial charge in [0.05, 0.1) is 0 Å². The predicted octanol–water partition coefficient (Wildman–Crippen LogP) is 2.38. The number of likely N-dealkylation sites (N-methyl/N-ethyl adjacent to an activating group) is 1. The number of rotatable bonds is 6. The number of urea groups is 1. The Bertz CT molecular complexity index is 368. The molecule has 0 aromatic rings. The Balaban J connectivity index is 2.27. The SMILES string of the molecule is C[C@@H](CNC(=O)NC(C)(C)CC(C)(C)C)CN1CCN(C)CC1. The maximum atomic E-state index is 12.1. The third-order valence-electron chi connectivity index (χ3n) is 4.20. The number of carbonyl (C=O) groups is 1. The Morgan fingerprint density at radius 3 is 2.17 bits per heavy atom. The Kier molecular flexibility index (Phi) is 7.33. The second kappa shape index (κ2) is 8.34. The van der Waals surface area contributed by atoms with Gasteiger partial charge in [0.1, 0.15) is 0 Å². The monoisotopic (exact) mass is 326 g/mol. The van der Waals surface area contributed by atoms with Gasteiger partial charge in [-0.1, -0.05) is 27.7 Å². The molecule has 0 aliphatic carbocycles. The van der Waals surface area contributed by atoms with Crippen LogP contribution in [-0.2, 0) is 0 Å². The van der Waals surface area contributed by atoms with Gasteiger partial charge < -0.3 is 20.4 Å². The summed E-state index contributed by atoms with van der Waals surface area (Å²) >= 11 is 0. The van der Waals surface area contributed by atoms with Crippen molar-refractivity contribution in [3.8, 4) is 0 Å². The fourth-order valence-electron chi connectivity index (χ4n) is 3.52. The first-order valence-corrected chi connectivity index (χ1v) is 8.94. The molecule has 1 fully saturated rings. The molecule has 0 aromatic heterocycles. The summed E-state index contributed by atoms with van der Waals surface area (Å²) in [5.74, 6) is 0.467. The van der Waals surface area contributed by atoms with Gasteiger partial charge in [0, 0.05) is 44.8 Å². The third kappa shape index (κ3) is 9.16. The van der Waals surface area contributed by atoms with E-state index in [4.69, 9.17) is 0 Å². The molecule has 2 N–H and O–H groups in total. The minimum atomic E-state index is -0.191. The van der Waals surface area contributed by atoms with E-state index in [2.05, 4.69) is 69.0 Å². The zero-order valence-corrected chi connectivity index (χ0v) is 16.3. The largest absolute Gasteiger partial charge is 0.338 e. The molecular weight excluding hydrogens is 288 g/mol. The smallest absolute Gasteiger partial charge is 0.315 e. The summed E-state index contributed by atoms with van der Waals surface area (Å²) in [4.78, 5) is 17.0. The summed E-state index contributed by atoms with van der Waals surface area (Å²) in [6.45, 7) is 19.3. The highest BCUT2D eigenvalue weighted by Crippen LogP contribution is 2.26. The molecule has 136 valence electrons. The lowest BCUT2D eigenvalue weighted by Crippen LogP contribution is -2.51. The minimum absolute atomic E-state index is 0.0514. The standard InChI is InChI=1S/C18H38N4O/c1-15(13-22-10-8-21(7)9-11-22)12-19-16(23)20-18(5,6)14-17(2,3)4/h15H,8-14H2,1-7H3,(H2,19,20,23)/t15-/m0/s1. The molecule has 1 saturated heterocycles. The van der Waals surface area contributed by atoms with Gasteiger partial charge in [0.2, 0.25) is 0 Å². The number of hydrogen-bond donors (Lipinski definition) is 2. The van der Waals surface area contributed by atoms with E-state index in [9.17, 15) is 4.79 Å². The van der Waals surface area contributed by atoms with Crippen LogP contribution in [0.1, 0.15) is 48.0 Å². The number of piperazine rings is 1. The van der Waals surface area contributed by atoms with Crippen molar-refractivity contribution in [2.75, 3.05) is 46.3 Å². The lowest BCUT2D eigenvalue weighted by atomic mass is 9.82. The molecule has 2 amide bonds. The van der Waals surface area contributed by atoms with E-state index in [1.807, 2.05) is 0 Å². The average Bonchev–Trinajstić information content (AvgIpc) is 2.35. The van der Waals surface area contributed by atoms with Crippen molar-refractivity contribution < 1.29 is 4.79 Å². The van der Waals surface area contributed by atoms with Crippen LogP contribution in [0.4, 0.5) is 4.79 Å². The van der Waals surface area contributed by atoms with Crippen LogP contribution >= 0.6 is 0 Å². The van der Waals surface area contributed by atoms with Crippen LogP contribution in [0.3, 0.4) is 0 Å². The molecule has 0 unspecified atom stereocenters. The average molecular weight is 327 g/mol. The summed E-state index contributed by atoms with van der Waals surface area (Å²) in [6.07, 6.45) is 0.949. The van der Waals surface area contributed by atoms with Crippen LogP contribution in [0.25, 0.3) is 0 Å². The van der Waals surface area contributed by atoms with E-state index in [1.54, 1.807) is 0 Å². The predicted molar refractivity (Wildman–Crippen MR) is 97.8 cm³/mol. The van der Waals surface area contributed by atoms with Crippen molar-refractivity contribution >= 4 is 6.03 Å². The number of nitrogens with one attached hydrogen (secondary N) is 2. The number of hydrogen-bond acceptors (Lipinski definition) is 3. The molecule has 23 heavy (non-hydrogen) atoms. The Morgan fingerprint density at radius 1 is 1.09 bits per heavy atom. The van der Waals surface area contributed by atoms with Crippen LogP contribution < -0.4 is 10.6 Å². The first-order valence-electron chi connectivity index (χ1n) is 8.94. The number of amides is 2. The lowest BCUT2D eigenvalue weighted by Gasteiger charge is -2.34. The van der Waals surface area contributed by atoms with Crippen molar-refractivity contribution in [1.29, 1.82) is 0 Å².